The molecule has 0 saturated heterocycles. The van der Waals surface area contributed by atoms with E-state index < -0.39 is 4.92 Å². The Kier molecular flexibility index (Phi) is 4.25. The number of halogens is 1. The number of hydrogen-bond acceptors (Lipinski definition) is 4. The maximum absolute atomic E-state index is 10.9. The van der Waals surface area contributed by atoms with Crippen LogP contribution in [0.2, 0.25) is 5.02 Å². The van der Waals surface area contributed by atoms with Gasteiger partial charge in [0.1, 0.15) is 5.65 Å². The van der Waals surface area contributed by atoms with Crippen molar-refractivity contribution < 1.29 is 4.92 Å². The fourth-order valence-corrected chi connectivity index (χ4v) is 3.39. The molecule has 0 fully saturated rings. The maximum Gasteiger partial charge on any atom is 0.269 e. The van der Waals surface area contributed by atoms with Crippen molar-refractivity contribution in [2.75, 3.05) is 0 Å². The predicted molar refractivity (Wildman–Crippen MR) is 108 cm³/mol. The highest BCUT2D eigenvalue weighted by Crippen LogP contribution is 2.31. The number of rotatable bonds is 3. The van der Waals surface area contributed by atoms with Gasteiger partial charge in [-0.15, -0.1) is 0 Å². The van der Waals surface area contributed by atoms with Crippen LogP contribution in [-0.4, -0.2) is 19.3 Å². The molecule has 0 unspecified atom stereocenters. The molecule has 134 valence electrons. The van der Waals surface area contributed by atoms with E-state index in [-0.39, 0.29) is 5.69 Å². The average molecular weight is 397 g/mol. The molecular weight excluding hydrogens is 384 g/mol. The molecule has 4 rings (SSSR count). The highest BCUT2D eigenvalue weighted by molar-refractivity contribution is 7.71. The van der Waals surface area contributed by atoms with Crippen LogP contribution in [0.15, 0.2) is 54.9 Å². The molecule has 2 aromatic heterocycles. The third kappa shape index (κ3) is 3.01. The van der Waals surface area contributed by atoms with Gasteiger partial charge in [-0.1, -0.05) is 23.7 Å². The molecule has 0 aliphatic rings. The van der Waals surface area contributed by atoms with Crippen molar-refractivity contribution in [1.82, 2.24) is 14.4 Å². The molecular formula is C19H13ClN4O2S. The predicted octanol–water partition coefficient (Wildman–Crippen LogP) is 5.60. The lowest BCUT2D eigenvalue weighted by molar-refractivity contribution is -0.384. The number of aromatic amines is 1. The van der Waals surface area contributed by atoms with Crippen LogP contribution in [0.25, 0.3) is 28.0 Å². The van der Waals surface area contributed by atoms with Crippen molar-refractivity contribution in [3.63, 3.8) is 0 Å². The maximum atomic E-state index is 10.9. The van der Waals surface area contributed by atoms with Crippen LogP contribution in [0, 0.1) is 21.8 Å². The van der Waals surface area contributed by atoms with E-state index in [1.807, 2.05) is 31.3 Å². The van der Waals surface area contributed by atoms with Gasteiger partial charge in [-0.2, -0.15) is 0 Å². The lowest BCUT2D eigenvalue weighted by Gasteiger charge is -2.05. The van der Waals surface area contributed by atoms with Crippen molar-refractivity contribution in [1.29, 1.82) is 0 Å². The smallest absolute Gasteiger partial charge is 0.269 e. The molecule has 27 heavy (non-hydrogen) atoms. The molecule has 8 heteroatoms. The van der Waals surface area contributed by atoms with E-state index in [0.717, 1.165) is 33.6 Å². The second-order valence-electron chi connectivity index (χ2n) is 6.06. The number of nitrogens with zero attached hydrogens (tertiary/aromatic N) is 3. The van der Waals surface area contributed by atoms with Gasteiger partial charge in [0.25, 0.3) is 5.69 Å². The van der Waals surface area contributed by atoms with Crippen molar-refractivity contribution in [2.24, 2.45) is 0 Å². The van der Waals surface area contributed by atoms with Gasteiger partial charge in [0, 0.05) is 40.7 Å². The van der Waals surface area contributed by atoms with Gasteiger partial charge in [-0.25, -0.2) is 4.98 Å². The lowest BCUT2D eigenvalue weighted by Crippen LogP contribution is -1.93. The third-order valence-corrected chi connectivity index (χ3v) is 5.18. The highest BCUT2D eigenvalue weighted by atomic mass is 35.5. The van der Waals surface area contributed by atoms with Crippen LogP contribution < -0.4 is 0 Å². The van der Waals surface area contributed by atoms with E-state index in [1.165, 1.54) is 12.1 Å². The van der Waals surface area contributed by atoms with E-state index in [4.69, 9.17) is 23.8 Å². The number of hydrogen-bond donors (Lipinski definition) is 1. The Labute approximate surface area is 164 Å². The van der Waals surface area contributed by atoms with Crippen LogP contribution in [0.3, 0.4) is 0 Å². The van der Waals surface area contributed by atoms with E-state index in [0.29, 0.717) is 9.79 Å². The molecule has 2 heterocycles. The van der Waals surface area contributed by atoms with Gasteiger partial charge in [-0.05, 0) is 48.5 Å². The summed E-state index contributed by atoms with van der Waals surface area (Å²) in [5.41, 5.74) is 5.19. The molecule has 4 aromatic rings. The molecule has 0 atom stereocenters. The number of fused-ring (bicyclic) bond motifs is 1. The average Bonchev–Trinajstić information content (AvgIpc) is 3.10. The molecule has 2 aromatic carbocycles. The number of H-pyrrole nitrogens is 1. The molecule has 6 nitrogen and oxygen atoms in total. The van der Waals surface area contributed by atoms with Crippen LogP contribution in [-0.2, 0) is 0 Å². The highest BCUT2D eigenvalue weighted by Gasteiger charge is 2.13. The molecule has 0 radical (unpaired) electrons. The number of nitro groups is 1. The first-order chi connectivity index (χ1) is 13.0. The van der Waals surface area contributed by atoms with Crippen LogP contribution >= 0.6 is 23.8 Å². The molecule has 0 aliphatic carbocycles. The monoisotopic (exact) mass is 396 g/mol. The number of imidazole rings is 1. The summed E-state index contributed by atoms with van der Waals surface area (Å²) in [5, 5.41) is 11.6. The van der Waals surface area contributed by atoms with Crippen molar-refractivity contribution in [2.45, 2.75) is 6.92 Å². The van der Waals surface area contributed by atoms with Gasteiger partial charge < -0.3 is 4.98 Å². The fraction of sp³-hybridized carbons (Fsp3) is 0.0526. The molecule has 0 bridgehead atoms. The Morgan fingerprint density at radius 2 is 1.93 bits per heavy atom. The third-order valence-electron chi connectivity index (χ3n) is 4.46. The normalized spacial score (nSPS) is 11.0. The summed E-state index contributed by atoms with van der Waals surface area (Å²) < 4.78 is 2.21. The van der Waals surface area contributed by atoms with Crippen LogP contribution in [0.4, 0.5) is 5.69 Å². The Morgan fingerprint density at radius 3 is 2.63 bits per heavy atom. The van der Waals surface area contributed by atoms with Gasteiger partial charge >= 0.3 is 0 Å². The Morgan fingerprint density at radius 1 is 1.19 bits per heavy atom. The summed E-state index contributed by atoms with van der Waals surface area (Å²) in [7, 11) is 0. The van der Waals surface area contributed by atoms with Gasteiger partial charge in [0.05, 0.1) is 10.6 Å². The minimum absolute atomic E-state index is 0.0391. The minimum Gasteiger partial charge on any atom is -0.339 e. The van der Waals surface area contributed by atoms with Crippen molar-refractivity contribution >= 4 is 35.2 Å². The Hall–Kier alpha value is -3.03. The van der Waals surface area contributed by atoms with Gasteiger partial charge in [0.15, 0.2) is 0 Å². The largest absolute Gasteiger partial charge is 0.339 e. The lowest BCUT2D eigenvalue weighted by atomic mass is 10.1. The number of non-ortho nitro benzene ring substituents is 1. The molecule has 0 saturated carbocycles. The fourth-order valence-electron chi connectivity index (χ4n) is 3.01. The first-order valence-corrected chi connectivity index (χ1v) is 8.85. The number of nitrogens with one attached hydrogen (secondary N) is 1. The topological polar surface area (TPSA) is 76.2 Å². The van der Waals surface area contributed by atoms with Gasteiger partial charge in [-0.3, -0.25) is 14.5 Å². The summed E-state index contributed by atoms with van der Waals surface area (Å²) >= 11 is 11.6. The zero-order valence-corrected chi connectivity index (χ0v) is 15.7. The van der Waals surface area contributed by atoms with Crippen LogP contribution in [0.5, 0.6) is 0 Å². The van der Waals surface area contributed by atoms with E-state index >= 15 is 0 Å². The standard InChI is InChI=1S/C19H13ClN4O2S/c1-11-14(3-2-4-16(11)20)17-10-23-18(22-17)15(9-21-19(23)27)12-5-7-13(8-6-12)24(25)26/h2-10,22H,1H3. The molecule has 0 aliphatic heterocycles. The summed E-state index contributed by atoms with van der Waals surface area (Å²) in [5.74, 6) is 0. The second-order valence-corrected chi connectivity index (χ2v) is 6.83. The first kappa shape index (κ1) is 17.4. The SMILES string of the molecule is Cc1c(Cl)cccc1-c1cn2c(=S)ncc(-c3ccc([N+](=O)[O-])cc3)c2[nH]1. The second kappa shape index (κ2) is 6.61. The molecule has 1 N–H and O–H groups in total. The summed E-state index contributed by atoms with van der Waals surface area (Å²) in [4.78, 5) is 18.1. The summed E-state index contributed by atoms with van der Waals surface area (Å²) in [6, 6.07) is 12.1. The van der Waals surface area contributed by atoms with Crippen LogP contribution in [0.1, 0.15) is 5.56 Å². The zero-order chi connectivity index (χ0) is 19.1. The van der Waals surface area contributed by atoms with Crippen molar-refractivity contribution in [3.05, 3.63) is 80.3 Å². The summed E-state index contributed by atoms with van der Waals surface area (Å²) in [6.07, 6.45) is 3.56. The van der Waals surface area contributed by atoms with Gasteiger partial charge in [0.2, 0.25) is 4.77 Å². The zero-order valence-electron chi connectivity index (χ0n) is 14.1. The molecule has 0 amide bonds. The number of nitro benzene ring substituents is 1. The Bertz CT molecular complexity index is 1250. The first-order valence-electron chi connectivity index (χ1n) is 8.06. The van der Waals surface area contributed by atoms with E-state index in [9.17, 15) is 10.1 Å². The van der Waals surface area contributed by atoms with E-state index in [1.54, 1.807) is 22.7 Å². The summed E-state index contributed by atoms with van der Waals surface area (Å²) in [6.45, 7) is 1.96. The van der Waals surface area contributed by atoms with E-state index in [2.05, 4.69) is 9.97 Å². The quantitative estimate of drug-likeness (QED) is 0.278. The Balaban J connectivity index is 1.92. The minimum atomic E-state index is -0.423. The van der Waals surface area contributed by atoms with Crippen molar-refractivity contribution in [3.8, 4) is 22.4 Å². The number of aromatic nitrogens is 3. The number of benzene rings is 2. The molecule has 0 spiro atoms.